The molecule has 27 heavy (non-hydrogen) atoms. The van der Waals surface area contributed by atoms with E-state index in [2.05, 4.69) is 67.6 Å². The van der Waals surface area contributed by atoms with E-state index >= 15 is 0 Å². The van der Waals surface area contributed by atoms with E-state index in [-0.39, 0.29) is 11.5 Å². The third-order valence-electron chi connectivity index (χ3n) is 7.39. The zero-order valence-corrected chi connectivity index (χ0v) is 17.4. The molecule has 0 saturated heterocycles. The fraction of sp³-hybridized carbons (Fsp3) is 0.696. The Hall–Kier alpha value is -1.55. The Bertz CT molecular complexity index is 644. The maximum atomic E-state index is 13.3. The number of hydrogen-bond donors (Lipinski definition) is 1. The van der Waals surface area contributed by atoms with Gasteiger partial charge in [-0.2, -0.15) is 0 Å². The second-order valence-electron chi connectivity index (χ2n) is 9.87. The summed E-state index contributed by atoms with van der Waals surface area (Å²) in [6.07, 6.45) is 7.54. The molecule has 4 aliphatic carbocycles. The predicted molar refractivity (Wildman–Crippen MR) is 111 cm³/mol. The number of rotatable bonds is 6. The van der Waals surface area contributed by atoms with E-state index in [1.54, 1.807) is 0 Å². The van der Waals surface area contributed by atoms with E-state index in [4.69, 9.17) is 0 Å². The lowest BCUT2D eigenvalue weighted by molar-refractivity contribution is -0.146. The molecule has 0 radical (unpaired) electrons. The molecule has 4 nitrogen and oxygen atoms in total. The smallest absolute Gasteiger partial charge is 0.226 e. The van der Waals surface area contributed by atoms with E-state index in [1.807, 2.05) is 0 Å². The number of nitrogens with zero attached hydrogens (tertiary/aromatic N) is 2. The molecule has 4 saturated carbocycles. The van der Waals surface area contributed by atoms with E-state index in [1.165, 1.54) is 30.5 Å². The van der Waals surface area contributed by atoms with Crippen molar-refractivity contribution in [3.63, 3.8) is 0 Å². The van der Waals surface area contributed by atoms with Crippen molar-refractivity contribution in [2.75, 3.05) is 39.6 Å². The highest BCUT2D eigenvalue weighted by Gasteiger charge is 2.54. The van der Waals surface area contributed by atoms with E-state index < -0.39 is 0 Å². The van der Waals surface area contributed by atoms with Crippen molar-refractivity contribution < 1.29 is 4.79 Å². The molecule has 0 aliphatic heterocycles. The SMILES string of the molecule is CN(C)c1ccc([C@H](CNC(=O)C23CC4CC(CC(C4)C2)C3)N(C)C)cc1. The van der Waals surface area contributed by atoms with Crippen molar-refractivity contribution >= 4 is 11.6 Å². The van der Waals surface area contributed by atoms with Gasteiger partial charge in [-0.25, -0.2) is 0 Å². The minimum atomic E-state index is -0.0552. The summed E-state index contributed by atoms with van der Waals surface area (Å²) in [7, 11) is 8.32. The fourth-order valence-electron chi connectivity index (χ4n) is 6.36. The molecule has 0 unspecified atom stereocenters. The average molecular weight is 370 g/mol. The number of anilines is 1. The van der Waals surface area contributed by atoms with Gasteiger partial charge in [0.2, 0.25) is 5.91 Å². The van der Waals surface area contributed by atoms with Crippen LogP contribution in [0.3, 0.4) is 0 Å². The van der Waals surface area contributed by atoms with Crippen LogP contribution in [-0.4, -0.2) is 45.5 Å². The highest BCUT2D eigenvalue weighted by Crippen LogP contribution is 2.60. The topological polar surface area (TPSA) is 35.6 Å². The van der Waals surface area contributed by atoms with Gasteiger partial charge in [-0.3, -0.25) is 4.79 Å². The first-order valence-electron chi connectivity index (χ1n) is 10.6. The van der Waals surface area contributed by atoms with Gasteiger partial charge in [0.15, 0.2) is 0 Å². The Morgan fingerprint density at radius 3 is 1.96 bits per heavy atom. The minimum absolute atomic E-state index is 0.0552. The minimum Gasteiger partial charge on any atom is -0.378 e. The summed E-state index contributed by atoms with van der Waals surface area (Å²) in [5.74, 6) is 2.76. The van der Waals surface area contributed by atoms with Crippen LogP contribution in [0.25, 0.3) is 0 Å². The molecule has 1 aromatic rings. The van der Waals surface area contributed by atoms with Gasteiger partial charge in [0.25, 0.3) is 0 Å². The summed E-state index contributed by atoms with van der Waals surface area (Å²) < 4.78 is 0. The summed E-state index contributed by atoms with van der Waals surface area (Å²) in [4.78, 5) is 17.6. The molecular weight excluding hydrogens is 334 g/mol. The second kappa shape index (κ2) is 7.12. The molecule has 5 rings (SSSR count). The van der Waals surface area contributed by atoms with Crippen molar-refractivity contribution in [3.8, 4) is 0 Å². The maximum absolute atomic E-state index is 13.3. The first-order valence-corrected chi connectivity index (χ1v) is 10.6. The summed E-state index contributed by atoms with van der Waals surface area (Å²) in [6, 6.07) is 8.91. The molecule has 4 aliphatic rings. The molecule has 4 fully saturated rings. The maximum Gasteiger partial charge on any atom is 0.226 e. The van der Waals surface area contributed by atoms with Crippen molar-refractivity contribution in [2.45, 2.75) is 44.6 Å². The monoisotopic (exact) mass is 369 g/mol. The summed E-state index contributed by atoms with van der Waals surface area (Å²) >= 11 is 0. The molecule has 4 bridgehead atoms. The Morgan fingerprint density at radius 1 is 1.00 bits per heavy atom. The van der Waals surface area contributed by atoms with Crippen molar-refractivity contribution in [2.24, 2.45) is 23.2 Å². The lowest BCUT2D eigenvalue weighted by Crippen LogP contribution is -2.54. The van der Waals surface area contributed by atoms with Crippen molar-refractivity contribution in [3.05, 3.63) is 29.8 Å². The zero-order valence-electron chi connectivity index (χ0n) is 17.4. The first kappa shape index (κ1) is 18.8. The number of carbonyl (C=O) groups excluding carboxylic acids is 1. The van der Waals surface area contributed by atoms with Gasteiger partial charge in [0, 0.05) is 31.7 Å². The van der Waals surface area contributed by atoms with Crippen LogP contribution in [0.2, 0.25) is 0 Å². The molecule has 0 aromatic heterocycles. The Labute approximate surface area is 164 Å². The lowest BCUT2D eigenvalue weighted by atomic mass is 9.49. The molecule has 4 heteroatoms. The summed E-state index contributed by atoms with van der Waals surface area (Å²) in [5.41, 5.74) is 2.41. The van der Waals surface area contributed by atoms with Crippen LogP contribution in [0.5, 0.6) is 0 Å². The quantitative estimate of drug-likeness (QED) is 0.831. The zero-order chi connectivity index (χ0) is 19.2. The van der Waals surface area contributed by atoms with Gasteiger partial charge in [-0.15, -0.1) is 0 Å². The molecule has 1 N–H and O–H groups in total. The van der Waals surface area contributed by atoms with Gasteiger partial charge in [-0.1, -0.05) is 12.1 Å². The summed E-state index contributed by atoms with van der Waals surface area (Å²) in [6.45, 7) is 0.689. The third-order valence-corrected chi connectivity index (χ3v) is 7.39. The summed E-state index contributed by atoms with van der Waals surface area (Å²) in [5, 5.41) is 3.37. The molecule has 148 valence electrons. The highest BCUT2D eigenvalue weighted by molar-refractivity contribution is 5.83. The van der Waals surface area contributed by atoms with Crippen LogP contribution in [0.4, 0.5) is 5.69 Å². The van der Waals surface area contributed by atoms with E-state index in [0.717, 1.165) is 37.0 Å². The van der Waals surface area contributed by atoms with Crippen LogP contribution in [0.15, 0.2) is 24.3 Å². The van der Waals surface area contributed by atoms with Gasteiger partial charge in [0.05, 0.1) is 6.04 Å². The molecule has 1 amide bonds. The number of hydrogen-bond acceptors (Lipinski definition) is 3. The normalized spacial score (nSPS) is 32.6. The molecular formula is C23H35N3O. The van der Waals surface area contributed by atoms with Crippen LogP contribution in [-0.2, 0) is 4.79 Å². The molecule has 0 heterocycles. The standard InChI is InChI=1S/C23H35N3O/c1-25(2)20-7-5-19(6-8-20)21(26(3)4)15-24-22(27)23-12-16-9-17(13-23)11-18(10-16)14-23/h5-8,16-18,21H,9-15H2,1-4H3,(H,24,27)/t16?,17?,18?,21-,23?/m0/s1. The number of likely N-dealkylation sites (N-methyl/N-ethyl adjacent to an activating group) is 1. The number of amides is 1. The molecule has 0 spiro atoms. The molecule has 1 aromatic carbocycles. The van der Waals surface area contributed by atoms with Crippen molar-refractivity contribution in [1.82, 2.24) is 10.2 Å². The average Bonchev–Trinajstić information content (AvgIpc) is 2.60. The largest absolute Gasteiger partial charge is 0.378 e. The van der Waals surface area contributed by atoms with Crippen LogP contribution in [0.1, 0.15) is 50.1 Å². The molecule has 1 atom stereocenters. The third kappa shape index (κ3) is 3.61. The number of carbonyl (C=O) groups is 1. The fourth-order valence-corrected chi connectivity index (χ4v) is 6.36. The first-order chi connectivity index (χ1) is 12.9. The van der Waals surface area contributed by atoms with E-state index in [0.29, 0.717) is 12.5 Å². The predicted octanol–water partition coefficient (Wildman–Crippen LogP) is 3.69. The van der Waals surface area contributed by atoms with Crippen LogP contribution >= 0.6 is 0 Å². The Balaban J connectivity index is 1.43. The van der Waals surface area contributed by atoms with E-state index in [9.17, 15) is 4.79 Å². The Morgan fingerprint density at radius 2 is 1.52 bits per heavy atom. The number of benzene rings is 1. The van der Waals surface area contributed by atoms with Crippen LogP contribution in [0, 0.1) is 23.2 Å². The number of nitrogens with one attached hydrogen (secondary N) is 1. The Kier molecular flexibility index (Phi) is 4.96. The van der Waals surface area contributed by atoms with Gasteiger partial charge < -0.3 is 15.1 Å². The highest BCUT2D eigenvalue weighted by atomic mass is 16.2. The van der Waals surface area contributed by atoms with Crippen LogP contribution < -0.4 is 10.2 Å². The second-order valence-corrected chi connectivity index (χ2v) is 9.87. The lowest BCUT2D eigenvalue weighted by Gasteiger charge is -2.55. The van der Waals surface area contributed by atoms with Gasteiger partial charge >= 0.3 is 0 Å². The van der Waals surface area contributed by atoms with Gasteiger partial charge in [-0.05, 0) is 88.1 Å². The van der Waals surface area contributed by atoms with Gasteiger partial charge in [0.1, 0.15) is 0 Å². The van der Waals surface area contributed by atoms with Crippen molar-refractivity contribution in [1.29, 1.82) is 0 Å².